The van der Waals surface area contributed by atoms with Crippen molar-refractivity contribution in [2.24, 2.45) is 0 Å². The van der Waals surface area contributed by atoms with Crippen LogP contribution in [0.4, 0.5) is 17.1 Å². The Hall–Kier alpha value is -4.10. The second kappa shape index (κ2) is 13.9. The van der Waals surface area contributed by atoms with Crippen molar-refractivity contribution in [3.05, 3.63) is 159 Å². The van der Waals surface area contributed by atoms with Crippen LogP contribution in [0.2, 0.25) is 0 Å². The van der Waals surface area contributed by atoms with Crippen LogP contribution in [0.1, 0.15) is 109 Å². The zero-order valence-electron chi connectivity index (χ0n) is 30.6. The van der Waals surface area contributed by atoms with Crippen molar-refractivity contribution in [1.29, 1.82) is 0 Å². The molecule has 5 aromatic carbocycles. The molecule has 5 rings (SSSR count). The van der Waals surface area contributed by atoms with Gasteiger partial charge in [-0.1, -0.05) is 129 Å². The molecule has 5 aromatic rings. The molecular formula is C46H55N. The zero-order valence-corrected chi connectivity index (χ0v) is 30.6. The number of rotatable bonds is 11. The van der Waals surface area contributed by atoms with Crippen LogP contribution in [0.15, 0.2) is 103 Å². The van der Waals surface area contributed by atoms with Gasteiger partial charge in [0.25, 0.3) is 0 Å². The van der Waals surface area contributed by atoms with Crippen LogP contribution in [0, 0.1) is 41.5 Å². The highest BCUT2D eigenvalue weighted by Crippen LogP contribution is 2.46. The zero-order chi connectivity index (χ0) is 33.9. The van der Waals surface area contributed by atoms with E-state index in [0.29, 0.717) is 0 Å². The third-order valence-corrected chi connectivity index (χ3v) is 11.1. The Balaban J connectivity index is 1.68. The quantitative estimate of drug-likeness (QED) is 0.142. The molecule has 1 heteroatoms. The monoisotopic (exact) mass is 621 g/mol. The first-order valence-corrected chi connectivity index (χ1v) is 17.8. The molecule has 0 aliphatic heterocycles. The predicted octanol–water partition coefficient (Wildman–Crippen LogP) is 13.2. The van der Waals surface area contributed by atoms with Crippen LogP contribution < -0.4 is 4.90 Å². The molecule has 0 saturated carbocycles. The summed E-state index contributed by atoms with van der Waals surface area (Å²) in [7, 11) is 0. The van der Waals surface area contributed by atoms with Crippen LogP contribution in [0.25, 0.3) is 0 Å². The lowest BCUT2D eigenvalue weighted by molar-refractivity contribution is 0.477. The third-order valence-electron chi connectivity index (χ3n) is 11.1. The number of hydrogen-bond donors (Lipinski definition) is 0. The summed E-state index contributed by atoms with van der Waals surface area (Å²) in [5.74, 6) is 0. The maximum Gasteiger partial charge on any atom is 0.0491 e. The van der Waals surface area contributed by atoms with Crippen LogP contribution in [-0.2, 0) is 10.8 Å². The minimum atomic E-state index is -0.0170. The lowest BCUT2D eigenvalue weighted by Crippen LogP contribution is -2.27. The molecule has 0 N–H and O–H groups in total. The molecule has 244 valence electrons. The van der Waals surface area contributed by atoms with Crippen LogP contribution in [-0.4, -0.2) is 0 Å². The number of hydrogen-bond acceptors (Lipinski definition) is 1. The van der Waals surface area contributed by atoms with E-state index in [-0.39, 0.29) is 10.8 Å². The Morgan fingerprint density at radius 3 is 1.06 bits per heavy atom. The Kier molecular flexibility index (Phi) is 10.2. The number of anilines is 3. The first-order chi connectivity index (χ1) is 22.5. The standard InChI is InChI=1S/C46H55N/c1-11-45(12-2,38-19-15-17-32(5)28-38)40-22-25-43(36(9)30-40)47(42-24-21-34(7)27-35(42)8)44-26-23-41(31-37(44)10)46(13-3,14-4)39-20-16-18-33(6)29-39/h15-31H,11-14H2,1-10H3. The van der Waals surface area contributed by atoms with Gasteiger partial charge in [0, 0.05) is 27.9 Å². The smallest absolute Gasteiger partial charge is 0.0491 e. The second-order valence-electron chi connectivity index (χ2n) is 13.9. The molecular weight excluding hydrogens is 567 g/mol. The van der Waals surface area contributed by atoms with Crippen molar-refractivity contribution in [3.63, 3.8) is 0 Å². The van der Waals surface area contributed by atoms with Crippen LogP contribution in [0.5, 0.6) is 0 Å². The molecule has 0 aliphatic carbocycles. The molecule has 0 aliphatic rings. The summed E-state index contributed by atoms with van der Waals surface area (Å²) >= 11 is 0. The number of aryl methyl sites for hydroxylation is 6. The fourth-order valence-electron chi connectivity index (χ4n) is 8.21. The predicted molar refractivity (Wildman–Crippen MR) is 205 cm³/mol. The van der Waals surface area contributed by atoms with E-state index in [4.69, 9.17) is 0 Å². The highest BCUT2D eigenvalue weighted by molar-refractivity contribution is 5.82. The summed E-state index contributed by atoms with van der Waals surface area (Å²) in [5, 5.41) is 0. The molecule has 1 nitrogen and oxygen atoms in total. The van der Waals surface area contributed by atoms with Gasteiger partial charge in [-0.15, -0.1) is 0 Å². The molecule has 0 fully saturated rings. The van der Waals surface area contributed by atoms with Gasteiger partial charge in [0.2, 0.25) is 0 Å². The maximum absolute atomic E-state index is 2.51. The first-order valence-electron chi connectivity index (χ1n) is 17.8. The molecule has 47 heavy (non-hydrogen) atoms. The highest BCUT2D eigenvalue weighted by Gasteiger charge is 2.33. The SMILES string of the molecule is CCC(CC)(c1cccc(C)c1)c1ccc(N(c2ccc(C)cc2C)c2ccc(C(CC)(CC)c3cccc(C)c3)cc2C)c(C)c1. The van der Waals surface area contributed by atoms with Gasteiger partial charge >= 0.3 is 0 Å². The van der Waals surface area contributed by atoms with Gasteiger partial charge in [-0.2, -0.15) is 0 Å². The van der Waals surface area contributed by atoms with Crippen molar-refractivity contribution < 1.29 is 0 Å². The molecule has 0 atom stereocenters. The van der Waals surface area contributed by atoms with Gasteiger partial charge in [-0.05, 0) is 124 Å². The summed E-state index contributed by atoms with van der Waals surface area (Å²) in [4.78, 5) is 2.51. The van der Waals surface area contributed by atoms with Crippen molar-refractivity contribution in [1.82, 2.24) is 0 Å². The Morgan fingerprint density at radius 1 is 0.383 bits per heavy atom. The highest BCUT2D eigenvalue weighted by atomic mass is 15.1. The van der Waals surface area contributed by atoms with E-state index in [0.717, 1.165) is 25.7 Å². The number of nitrogens with zero attached hydrogens (tertiary/aromatic N) is 1. The average Bonchev–Trinajstić information content (AvgIpc) is 3.05. The molecule has 0 saturated heterocycles. The Bertz CT molecular complexity index is 1740. The molecule has 0 spiro atoms. The summed E-state index contributed by atoms with van der Waals surface area (Å²) in [6.07, 6.45) is 4.24. The normalized spacial score (nSPS) is 12.0. The van der Waals surface area contributed by atoms with Gasteiger partial charge in [0.1, 0.15) is 0 Å². The van der Waals surface area contributed by atoms with E-state index in [1.807, 2.05) is 0 Å². The van der Waals surface area contributed by atoms with Crippen LogP contribution >= 0.6 is 0 Å². The third kappa shape index (κ3) is 6.30. The minimum Gasteiger partial charge on any atom is -0.310 e. The Morgan fingerprint density at radius 2 is 0.723 bits per heavy atom. The van der Waals surface area contributed by atoms with E-state index in [1.54, 1.807) is 0 Å². The fraction of sp³-hybridized carbons (Fsp3) is 0.348. The minimum absolute atomic E-state index is 0.0170. The molecule has 0 heterocycles. The number of benzene rings is 5. The molecule has 0 radical (unpaired) electrons. The van der Waals surface area contributed by atoms with E-state index < -0.39 is 0 Å². The van der Waals surface area contributed by atoms with E-state index in [2.05, 4.69) is 177 Å². The molecule has 0 aromatic heterocycles. The maximum atomic E-state index is 2.51. The summed E-state index contributed by atoms with van der Waals surface area (Å²) in [6, 6.07) is 39.6. The second-order valence-corrected chi connectivity index (χ2v) is 13.9. The van der Waals surface area contributed by atoms with Crippen molar-refractivity contribution in [3.8, 4) is 0 Å². The largest absolute Gasteiger partial charge is 0.310 e. The van der Waals surface area contributed by atoms with E-state index in [1.165, 1.54) is 72.7 Å². The Labute approximate surface area is 285 Å². The molecule has 0 bridgehead atoms. The van der Waals surface area contributed by atoms with Crippen LogP contribution in [0.3, 0.4) is 0 Å². The first kappa shape index (κ1) is 34.2. The molecule has 0 amide bonds. The average molecular weight is 622 g/mol. The van der Waals surface area contributed by atoms with E-state index in [9.17, 15) is 0 Å². The van der Waals surface area contributed by atoms with Gasteiger partial charge in [-0.3, -0.25) is 0 Å². The topological polar surface area (TPSA) is 3.24 Å². The summed E-state index contributed by atoms with van der Waals surface area (Å²) in [6.45, 7) is 22.8. The van der Waals surface area contributed by atoms with E-state index >= 15 is 0 Å². The summed E-state index contributed by atoms with van der Waals surface area (Å²) in [5.41, 5.74) is 17.1. The van der Waals surface area contributed by atoms with Gasteiger partial charge in [0.15, 0.2) is 0 Å². The lowest BCUT2D eigenvalue weighted by atomic mass is 9.70. The van der Waals surface area contributed by atoms with Crippen molar-refractivity contribution in [2.45, 2.75) is 106 Å². The van der Waals surface area contributed by atoms with Gasteiger partial charge in [-0.25, -0.2) is 0 Å². The van der Waals surface area contributed by atoms with Crippen molar-refractivity contribution >= 4 is 17.1 Å². The fourth-order valence-corrected chi connectivity index (χ4v) is 8.21. The van der Waals surface area contributed by atoms with Gasteiger partial charge in [0.05, 0.1) is 0 Å². The summed E-state index contributed by atoms with van der Waals surface area (Å²) < 4.78 is 0. The van der Waals surface area contributed by atoms with Crippen molar-refractivity contribution in [2.75, 3.05) is 4.90 Å². The van der Waals surface area contributed by atoms with Gasteiger partial charge < -0.3 is 4.90 Å². The lowest BCUT2D eigenvalue weighted by Gasteiger charge is -2.36. The molecule has 0 unspecified atom stereocenters.